The number of hydrogen-bond acceptors (Lipinski definition) is 3. The van der Waals surface area contributed by atoms with Crippen LogP contribution in [-0.2, 0) is 4.79 Å². The summed E-state index contributed by atoms with van der Waals surface area (Å²) in [5, 5.41) is 15.1. The van der Waals surface area contributed by atoms with E-state index in [4.69, 9.17) is 5.11 Å². The number of hydrogen-bond donors (Lipinski definition) is 3. The van der Waals surface area contributed by atoms with Gasteiger partial charge in [-0.2, -0.15) is 0 Å². The molecule has 1 aliphatic heterocycles. The van der Waals surface area contributed by atoms with Crippen molar-refractivity contribution in [3.63, 3.8) is 0 Å². The second-order valence-electron chi connectivity index (χ2n) is 3.63. The summed E-state index contributed by atoms with van der Waals surface area (Å²) >= 11 is 0. The minimum Gasteiger partial charge on any atom is -0.393 e. The van der Waals surface area contributed by atoms with E-state index in [1.165, 1.54) is 0 Å². The monoisotopic (exact) mass is 186 g/mol. The maximum atomic E-state index is 10.8. The standard InChI is InChI=1S/C9H18N2O2/c1-7(12)4-5-10-8-2-3-9(13)11-6-8/h7-8,10,12H,2-6H2,1H3,(H,11,13). The molecule has 2 atom stereocenters. The Labute approximate surface area is 78.7 Å². The van der Waals surface area contributed by atoms with Crippen LogP contribution in [0.1, 0.15) is 26.2 Å². The van der Waals surface area contributed by atoms with E-state index in [0.717, 1.165) is 25.9 Å². The van der Waals surface area contributed by atoms with Crippen molar-refractivity contribution < 1.29 is 9.90 Å². The van der Waals surface area contributed by atoms with Crippen molar-refractivity contribution in [2.45, 2.75) is 38.3 Å². The Kier molecular flexibility index (Phi) is 4.18. The molecule has 0 spiro atoms. The summed E-state index contributed by atoms with van der Waals surface area (Å²) in [5.41, 5.74) is 0. The van der Waals surface area contributed by atoms with E-state index in [1.807, 2.05) is 0 Å². The largest absolute Gasteiger partial charge is 0.393 e. The van der Waals surface area contributed by atoms with Crippen LogP contribution < -0.4 is 10.6 Å². The van der Waals surface area contributed by atoms with Crippen LogP contribution >= 0.6 is 0 Å². The van der Waals surface area contributed by atoms with Gasteiger partial charge in [-0.3, -0.25) is 4.79 Å². The first-order valence-corrected chi connectivity index (χ1v) is 4.86. The van der Waals surface area contributed by atoms with Gasteiger partial charge in [0.25, 0.3) is 0 Å². The van der Waals surface area contributed by atoms with E-state index < -0.39 is 0 Å². The lowest BCUT2D eigenvalue weighted by Crippen LogP contribution is -2.46. The Balaban J connectivity index is 2.05. The van der Waals surface area contributed by atoms with Crippen molar-refractivity contribution in [3.05, 3.63) is 0 Å². The summed E-state index contributed by atoms with van der Waals surface area (Å²) in [6, 6.07) is 0.386. The van der Waals surface area contributed by atoms with E-state index in [0.29, 0.717) is 12.5 Å². The zero-order valence-electron chi connectivity index (χ0n) is 8.05. The fourth-order valence-electron chi connectivity index (χ4n) is 1.40. The summed E-state index contributed by atoms with van der Waals surface area (Å²) in [7, 11) is 0. The number of aliphatic hydroxyl groups is 1. The van der Waals surface area contributed by atoms with Crippen LogP contribution in [0.4, 0.5) is 0 Å². The van der Waals surface area contributed by atoms with E-state index in [-0.39, 0.29) is 12.0 Å². The lowest BCUT2D eigenvalue weighted by atomic mass is 10.1. The van der Waals surface area contributed by atoms with Gasteiger partial charge in [0.15, 0.2) is 0 Å². The van der Waals surface area contributed by atoms with Crippen LogP contribution in [0.5, 0.6) is 0 Å². The second kappa shape index (κ2) is 5.19. The van der Waals surface area contributed by atoms with Gasteiger partial charge in [0.2, 0.25) is 5.91 Å². The molecule has 0 aliphatic carbocycles. The molecule has 13 heavy (non-hydrogen) atoms. The minimum atomic E-state index is -0.245. The molecule has 0 bridgehead atoms. The number of nitrogens with one attached hydrogen (secondary N) is 2. The zero-order chi connectivity index (χ0) is 9.68. The molecule has 1 amide bonds. The number of aliphatic hydroxyl groups excluding tert-OH is 1. The number of piperidine rings is 1. The predicted octanol–water partition coefficient (Wildman–Crippen LogP) is -0.374. The van der Waals surface area contributed by atoms with E-state index in [2.05, 4.69) is 10.6 Å². The first-order chi connectivity index (χ1) is 6.18. The fraction of sp³-hybridized carbons (Fsp3) is 0.889. The smallest absolute Gasteiger partial charge is 0.220 e. The Hall–Kier alpha value is -0.610. The third-order valence-electron chi connectivity index (χ3n) is 2.26. The normalized spacial score (nSPS) is 25.4. The number of carbonyl (C=O) groups excluding carboxylic acids is 1. The number of amides is 1. The van der Waals surface area contributed by atoms with Crippen LogP contribution in [0.2, 0.25) is 0 Å². The van der Waals surface area contributed by atoms with Gasteiger partial charge < -0.3 is 15.7 Å². The van der Waals surface area contributed by atoms with E-state index >= 15 is 0 Å². The topological polar surface area (TPSA) is 61.4 Å². The summed E-state index contributed by atoms with van der Waals surface area (Å²) in [4.78, 5) is 10.8. The lowest BCUT2D eigenvalue weighted by Gasteiger charge is -2.23. The molecule has 1 fully saturated rings. The highest BCUT2D eigenvalue weighted by molar-refractivity contribution is 5.76. The van der Waals surface area contributed by atoms with Crippen molar-refractivity contribution in [2.75, 3.05) is 13.1 Å². The van der Waals surface area contributed by atoms with Crippen LogP contribution in [0, 0.1) is 0 Å². The van der Waals surface area contributed by atoms with Crippen LogP contribution in [0.15, 0.2) is 0 Å². The molecule has 0 aromatic carbocycles. The van der Waals surface area contributed by atoms with E-state index in [9.17, 15) is 4.79 Å². The van der Waals surface area contributed by atoms with Crippen LogP contribution in [-0.4, -0.2) is 36.2 Å². The predicted molar refractivity (Wildman–Crippen MR) is 50.3 cm³/mol. The van der Waals surface area contributed by atoms with Gasteiger partial charge in [0, 0.05) is 19.0 Å². The second-order valence-corrected chi connectivity index (χ2v) is 3.63. The molecule has 2 unspecified atom stereocenters. The molecule has 1 rings (SSSR count). The highest BCUT2D eigenvalue weighted by atomic mass is 16.3. The third kappa shape index (κ3) is 4.24. The van der Waals surface area contributed by atoms with Gasteiger partial charge in [0.1, 0.15) is 0 Å². The van der Waals surface area contributed by atoms with Crippen molar-refractivity contribution in [1.82, 2.24) is 10.6 Å². The Morgan fingerprint density at radius 3 is 3.08 bits per heavy atom. The van der Waals surface area contributed by atoms with Gasteiger partial charge >= 0.3 is 0 Å². The molecule has 4 heteroatoms. The zero-order valence-corrected chi connectivity index (χ0v) is 8.05. The molecule has 0 saturated carbocycles. The summed E-state index contributed by atoms with van der Waals surface area (Å²) in [5.74, 6) is 0.147. The van der Waals surface area contributed by atoms with Crippen molar-refractivity contribution >= 4 is 5.91 Å². The van der Waals surface area contributed by atoms with Crippen LogP contribution in [0.3, 0.4) is 0 Å². The van der Waals surface area contributed by atoms with Gasteiger partial charge in [-0.25, -0.2) is 0 Å². The Bertz CT molecular complexity index is 161. The van der Waals surface area contributed by atoms with Gasteiger partial charge in [-0.1, -0.05) is 0 Å². The quantitative estimate of drug-likeness (QED) is 0.561. The van der Waals surface area contributed by atoms with Crippen LogP contribution in [0.25, 0.3) is 0 Å². The molecule has 1 aliphatic rings. The average Bonchev–Trinajstić information content (AvgIpc) is 2.08. The van der Waals surface area contributed by atoms with Gasteiger partial charge in [-0.15, -0.1) is 0 Å². The maximum Gasteiger partial charge on any atom is 0.220 e. The summed E-state index contributed by atoms with van der Waals surface area (Å²) in [6.07, 6.45) is 2.05. The molecule has 1 heterocycles. The van der Waals surface area contributed by atoms with Crippen molar-refractivity contribution in [3.8, 4) is 0 Å². The highest BCUT2D eigenvalue weighted by Crippen LogP contribution is 2.02. The van der Waals surface area contributed by atoms with E-state index in [1.54, 1.807) is 6.92 Å². The lowest BCUT2D eigenvalue weighted by molar-refractivity contribution is -0.122. The molecule has 0 radical (unpaired) electrons. The molecular weight excluding hydrogens is 168 g/mol. The molecule has 0 aromatic heterocycles. The fourth-order valence-corrected chi connectivity index (χ4v) is 1.40. The molecule has 3 N–H and O–H groups in total. The maximum absolute atomic E-state index is 10.8. The Morgan fingerprint density at radius 2 is 2.54 bits per heavy atom. The average molecular weight is 186 g/mol. The first kappa shape index (κ1) is 10.5. The molecule has 1 saturated heterocycles. The molecule has 4 nitrogen and oxygen atoms in total. The SMILES string of the molecule is CC(O)CCNC1CCC(=O)NC1. The number of carbonyl (C=O) groups is 1. The van der Waals surface area contributed by atoms with Crippen molar-refractivity contribution in [2.24, 2.45) is 0 Å². The first-order valence-electron chi connectivity index (χ1n) is 4.86. The summed E-state index contributed by atoms with van der Waals surface area (Å²) in [6.45, 7) is 3.32. The van der Waals surface area contributed by atoms with Gasteiger partial charge in [-0.05, 0) is 26.3 Å². The third-order valence-corrected chi connectivity index (χ3v) is 2.26. The summed E-state index contributed by atoms with van der Waals surface area (Å²) < 4.78 is 0. The molecular formula is C9H18N2O2. The molecule has 76 valence electrons. The highest BCUT2D eigenvalue weighted by Gasteiger charge is 2.16. The van der Waals surface area contributed by atoms with Gasteiger partial charge in [0.05, 0.1) is 6.10 Å². The minimum absolute atomic E-state index is 0.147. The van der Waals surface area contributed by atoms with Crippen molar-refractivity contribution in [1.29, 1.82) is 0 Å². The number of rotatable bonds is 4. The Morgan fingerprint density at radius 1 is 1.77 bits per heavy atom. The molecule has 0 aromatic rings.